The van der Waals surface area contributed by atoms with Gasteiger partial charge in [0.1, 0.15) is 0 Å². The van der Waals surface area contributed by atoms with Crippen molar-refractivity contribution in [3.63, 3.8) is 0 Å². The Hall–Kier alpha value is -0.790. The number of rotatable bonds is 15. The highest BCUT2D eigenvalue weighted by molar-refractivity contribution is 5.86. The largest absolute Gasteiger partial charge is 0.462 e. The molecule has 2 nitrogen and oxygen atoms in total. The molecule has 0 aromatic carbocycles. The maximum atomic E-state index is 11.3. The average Bonchev–Trinajstić information content (AvgIpc) is 2.50. The molecule has 0 aliphatic carbocycles. The minimum atomic E-state index is -0.253. The summed E-state index contributed by atoms with van der Waals surface area (Å²) in [5.74, 6) is 0.660. The Morgan fingerprint density at radius 2 is 1.36 bits per heavy atom. The summed E-state index contributed by atoms with van der Waals surface area (Å²) < 4.78 is 5.13. The minimum Gasteiger partial charge on any atom is -0.462 e. The molecule has 0 radical (unpaired) electrons. The van der Waals surface area contributed by atoms with Crippen molar-refractivity contribution < 1.29 is 9.53 Å². The first-order chi connectivity index (χ1) is 10.6. The Kier molecular flexibility index (Phi) is 14.6. The Bertz CT molecular complexity index is 273. The topological polar surface area (TPSA) is 26.3 Å². The van der Waals surface area contributed by atoms with E-state index in [0.717, 1.165) is 12.3 Å². The molecule has 0 aromatic rings. The van der Waals surface area contributed by atoms with Gasteiger partial charge in [-0.05, 0) is 19.3 Å². The summed E-state index contributed by atoms with van der Waals surface area (Å²) in [6.45, 7) is 10.4. The third-order valence-electron chi connectivity index (χ3n) is 4.27. The molecule has 0 aliphatic heterocycles. The van der Waals surface area contributed by atoms with E-state index in [1.165, 1.54) is 70.6 Å². The second-order valence-corrected chi connectivity index (χ2v) is 6.62. The maximum absolute atomic E-state index is 11.3. The molecule has 130 valence electrons. The van der Waals surface area contributed by atoms with E-state index >= 15 is 0 Å². The first kappa shape index (κ1) is 21.2. The van der Waals surface area contributed by atoms with Crippen molar-refractivity contribution in [2.75, 3.05) is 6.61 Å². The number of hydrogen-bond acceptors (Lipinski definition) is 2. The third-order valence-corrected chi connectivity index (χ3v) is 4.27. The van der Waals surface area contributed by atoms with Gasteiger partial charge in [0.25, 0.3) is 0 Å². The summed E-state index contributed by atoms with van der Waals surface area (Å²) in [6.07, 6.45) is 15.7. The van der Waals surface area contributed by atoms with Crippen LogP contribution in [-0.2, 0) is 9.53 Å². The molecule has 0 amide bonds. The smallest absolute Gasteiger partial charge is 0.333 e. The number of unbranched alkanes of at least 4 members (excludes halogenated alkanes) is 6. The zero-order valence-electron chi connectivity index (χ0n) is 15.3. The number of ether oxygens (including phenoxy) is 1. The summed E-state index contributed by atoms with van der Waals surface area (Å²) in [6, 6.07) is 0. The van der Waals surface area contributed by atoms with Crippen LogP contribution in [-0.4, -0.2) is 12.6 Å². The van der Waals surface area contributed by atoms with Crippen LogP contribution < -0.4 is 0 Å². The quantitative estimate of drug-likeness (QED) is 0.197. The minimum absolute atomic E-state index is 0.253. The van der Waals surface area contributed by atoms with Crippen LogP contribution in [0.2, 0.25) is 0 Å². The van der Waals surface area contributed by atoms with Gasteiger partial charge in [0, 0.05) is 5.57 Å². The van der Waals surface area contributed by atoms with E-state index in [-0.39, 0.29) is 5.97 Å². The molecule has 0 atom stereocenters. The molecule has 0 fully saturated rings. The van der Waals surface area contributed by atoms with Crippen molar-refractivity contribution in [2.45, 2.75) is 97.8 Å². The van der Waals surface area contributed by atoms with Crippen molar-refractivity contribution in [3.8, 4) is 0 Å². The van der Waals surface area contributed by atoms with E-state index in [9.17, 15) is 4.79 Å². The monoisotopic (exact) mass is 310 g/mol. The van der Waals surface area contributed by atoms with Crippen LogP contribution in [0.25, 0.3) is 0 Å². The lowest BCUT2D eigenvalue weighted by atomic mass is 9.90. The molecule has 0 aliphatic rings. The van der Waals surface area contributed by atoms with Gasteiger partial charge in [-0.15, -0.1) is 0 Å². The number of carbonyl (C=O) groups is 1. The molecule has 0 N–H and O–H groups in total. The van der Waals surface area contributed by atoms with Gasteiger partial charge in [0.05, 0.1) is 6.61 Å². The molecule has 22 heavy (non-hydrogen) atoms. The molecule has 0 heterocycles. The van der Waals surface area contributed by atoms with Crippen molar-refractivity contribution in [2.24, 2.45) is 5.92 Å². The summed E-state index contributed by atoms with van der Waals surface area (Å²) in [5, 5.41) is 0. The lowest BCUT2D eigenvalue weighted by molar-refractivity contribution is -0.139. The van der Waals surface area contributed by atoms with Crippen LogP contribution in [0.15, 0.2) is 12.2 Å². The van der Waals surface area contributed by atoms with Gasteiger partial charge in [0.15, 0.2) is 0 Å². The molecule has 0 bridgehead atoms. The highest BCUT2D eigenvalue weighted by atomic mass is 16.5. The molecule has 0 saturated heterocycles. The SMILES string of the molecule is C=C(C)C(=O)OCCCCCC(CCCCC)CCCCC. The fourth-order valence-electron chi connectivity index (χ4n) is 2.80. The Balaban J connectivity index is 3.71. The normalized spacial score (nSPS) is 10.9. The predicted molar refractivity (Wildman–Crippen MR) is 96.0 cm³/mol. The van der Waals surface area contributed by atoms with E-state index in [2.05, 4.69) is 20.4 Å². The second-order valence-electron chi connectivity index (χ2n) is 6.62. The highest BCUT2D eigenvalue weighted by Gasteiger charge is 2.08. The Labute approximate surface area is 138 Å². The second kappa shape index (κ2) is 15.1. The summed E-state index contributed by atoms with van der Waals surface area (Å²) in [7, 11) is 0. The molecule has 2 heteroatoms. The van der Waals surface area contributed by atoms with Gasteiger partial charge >= 0.3 is 5.97 Å². The Morgan fingerprint density at radius 1 is 0.864 bits per heavy atom. The molecule has 0 rings (SSSR count). The van der Waals surface area contributed by atoms with E-state index in [1.54, 1.807) is 6.92 Å². The van der Waals surface area contributed by atoms with Crippen LogP contribution in [0.1, 0.15) is 97.8 Å². The lowest BCUT2D eigenvalue weighted by Gasteiger charge is -2.16. The van der Waals surface area contributed by atoms with E-state index in [4.69, 9.17) is 4.74 Å². The fraction of sp³-hybridized carbons (Fsp3) is 0.850. The van der Waals surface area contributed by atoms with Crippen molar-refractivity contribution in [1.82, 2.24) is 0 Å². The molecular weight excluding hydrogens is 272 g/mol. The van der Waals surface area contributed by atoms with Gasteiger partial charge in [-0.3, -0.25) is 0 Å². The van der Waals surface area contributed by atoms with E-state index in [1.807, 2.05) is 0 Å². The van der Waals surface area contributed by atoms with Gasteiger partial charge in [-0.25, -0.2) is 4.79 Å². The van der Waals surface area contributed by atoms with Crippen LogP contribution in [0, 0.1) is 5.92 Å². The van der Waals surface area contributed by atoms with Gasteiger partial charge in [-0.1, -0.05) is 91.1 Å². The fourth-order valence-corrected chi connectivity index (χ4v) is 2.80. The summed E-state index contributed by atoms with van der Waals surface area (Å²) in [4.78, 5) is 11.3. The van der Waals surface area contributed by atoms with E-state index in [0.29, 0.717) is 12.2 Å². The number of carbonyl (C=O) groups excluding carboxylic acids is 1. The standard InChI is InChI=1S/C20H38O2/c1-5-7-10-14-19(15-11-8-6-2)16-12-9-13-17-22-20(21)18(3)4/h19H,3,5-17H2,1-2,4H3. The van der Waals surface area contributed by atoms with Crippen molar-refractivity contribution in [3.05, 3.63) is 12.2 Å². The molecule has 0 spiro atoms. The highest BCUT2D eigenvalue weighted by Crippen LogP contribution is 2.23. The van der Waals surface area contributed by atoms with Crippen LogP contribution in [0.3, 0.4) is 0 Å². The zero-order chi connectivity index (χ0) is 16.6. The van der Waals surface area contributed by atoms with Crippen molar-refractivity contribution >= 4 is 5.97 Å². The van der Waals surface area contributed by atoms with Gasteiger partial charge in [-0.2, -0.15) is 0 Å². The average molecular weight is 311 g/mol. The van der Waals surface area contributed by atoms with Crippen molar-refractivity contribution in [1.29, 1.82) is 0 Å². The van der Waals surface area contributed by atoms with Crippen LogP contribution in [0.4, 0.5) is 0 Å². The molecule has 0 aromatic heterocycles. The zero-order valence-corrected chi connectivity index (χ0v) is 15.3. The maximum Gasteiger partial charge on any atom is 0.333 e. The summed E-state index contributed by atoms with van der Waals surface area (Å²) >= 11 is 0. The van der Waals surface area contributed by atoms with Crippen LogP contribution >= 0.6 is 0 Å². The predicted octanol–water partition coefficient (Wildman–Crippen LogP) is 6.44. The van der Waals surface area contributed by atoms with Crippen LogP contribution in [0.5, 0.6) is 0 Å². The molecular formula is C20H38O2. The third kappa shape index (κ3) is 12.9. The van der Waals surface area contributed by atoms with Gasteiger partial charge < -0.3 is 4.74 Å². The number of hydrogen-bond donors (Lipinski definition) is 0. The Morgan fingerprint density at radius 3 is 1.82 bits per heavy atom. The lowest BCUT2D eigenvalue weighted by Crippen LogP contribution is -2.06. The first-order valence-electron chi connectivity index (χ1n) is 9.44. The van der Waals surface area contributed by atoms with E-state index < -0.39 is 0 Å². The molecule has 0 saturated carbocycles. The van der Waals surface area contributed by atoms with Gasteiger partial charge in [0.2, 0.25) is 0 Å². The summed E-state index contributed by atoms with van der Waals surface area (Å²) in [5.41, 5.74) is 0.493. The molecule has 0 unspecified atom stereocenters. The first-order valence-corrected chi connectivity index (χ1v) is 9.44. The number of esters is 1.